The Bertz CT molecular complexity index is 636. The van der Waals surface area contributed by atoms with Crippen molar-refractivity contribution in [3.8, 4) is 0 Å². The zero-order chi connectivity index (χ0) is 13.9. The fourth-order valence-corrected chi connectivity index (χ4v) is 2.27. The van der Waals surface area contributed by atoms with E-state index in [1.54, 1.807) is 6.92 Å². The van der Waals surface area contributed by atoms with E-state index < -0.39 is 0 Å². The molecule has 2 heterocycles. The Kier molecular flexibility index (Phi) is 3.37. The third-order valence-corrected chi connectivity index (χ3v) is 3.27. The van der Waals surface area contributed by atoms with Crippen molar-refractivity contribution in [2.45, 2.75) is 19.8 Å². The largest absolute Gasteiger partial charge is 0.384 e. The van der Waals surface area contributed by atoms with Crippen LogP contribution in [0.5, 0.6) is 0 Å². The Morgan fingerprint density at radius 2 is 2.40 bits per heavy atom. The quantitative estimate of drug-likeness (QED) is 0.877. The fraction of sp³-hybridized carbons (Fsp3) is 0.357. The summed E-state index contributed by atoms with van der Waals surface area (Å²) in [6, 6.07) is 5.74. The Labute approximate surface area is 116 Å². The lowest BCUT2D eigenvalue weighted by molar-refractivity contribution is 0.0953. The van der Waals surface area contributed by atoms with Crippen LogP contribution in [0.3, 0.4) is 0 Å². The van der Waals surface area contributed by atoms with Crippen LogP contribution in [0.1, 0.15) is 27.6 Å². The number of aromatic nitrogens is 2. The van der Waals surface area contributed by atoms with Gasteiger partial charge in [0.2, 0.25) is 5.89 Å². The van der Waals surface area contributed by atoms with E-state index in [-0.39, 0.29) is 5.91 Å². The number of hydrogen-bond donors (Lipinski definition) is 2. The van der Waals surface area contributed by atoms with Gasteiger partial charge in [-0.15, -0.1) is 0 Å². The van der Waals surface area contributed by atoms with Crippen molar-refractivity contribution in [3.05, 3.63) is 41.0 Å². The zero-order valence-electron chi connectivity index (χ0n) is 11.3. The van der Waals surface area contributed by atoms with Crippen LogP contribution in [-0.4, -0.2) is 29.1 Å². The number of nitrogens with one attached hydrogen (secondary N) is 2. The van der Waals surface area contributed by atoms with Crippen LogP contribution in [0.2, 0.25) is 0 Å². The van der Waals surface area contributed by atoms with Crippen molar-refractivity contribution in [3.63, 3.8) is 0 Å². The van der Waals surface area contributed by atoms with Gasteiger partial charge in [0.1, 0.15) is 0 Å². The normalized spacial score (nSPS) is 12.8. The molecule has 3 rings (SSSR count). The Morgan fingerprint density at radius 1 is 1.50 bits per heavy atom. The Morgan fingerprint density at radius 3 is 3.20 bits per heavy atom. The number of hydrogen-bond acceptors (Lipinski definition) is 5. The predicted octanol–water partition coefficient (Wildman–Crippen LogP) is 1.32. The molecule has 0 spiro atoms. The van der Waals surface area contributed by atoms with E-state index >= 15 is 0 Å². The summed E-state index contributed by atoms with van der Waals surface area (Å²) in [4.78, 5) is 16.1. The first-order valence-corrected chi connectivity index (χ1v) is 6.66. The molecule has 0 saturated carbocycles. The second-order valence-corrected chi connectivity index (χ2v) is 4.79. The molecule has 0 atom stereocenters. The van der Waals surface area contributed by atoms with E-state index in [9.17, 15) is 4.79 Å². The average Bonchev–Trinajstić information content (AvgIpc) is 3.06. The van der Waals surface area contributed by atoms with E-state index in [1.807, 2.05) is 18.2 Å². The number of fused-ring (bicyclic) bond motifs is 1. The molecule has 0 fully saturated rings. The molecule has 1 aromatic carbocycles. The Hall–Kier alpha value is -2.37. The van der Waals surface area contributed by atoms with Crippen LogP contribution in [-0.2, 0) is 12.8 Å². The molecule has 2 N–H and O–H groups in total. The second kappa shape index (κ2) is 5.32. The molecule has 1 aliphatic heterocycles. The van der Waals surface area contributed by atoms with Crippen LogP contribution in [0.4, 0.5) is 5.69 Å². The molecule has 0 bridgehead atoms. The summed E-state index contributed by atoms with van der Waals surface area (Å²) in [5.74, 6) is 1.08. The molecule has 0 aliphatic carbocycles. The van der Waals surface area contributed by atoms with Gasteiger partial charge in [-0.05, 0) is 37.1 Å². The van der Waals surface area contributed by atoms with Gasteiger partial charge in [-0.1, -0.05) is 5.16 Å². The molecule has 1 aliphatic rings. The maximum absolute atomic E-state index is 12.0. The summed E-state index contributed by atoms with van der Waals surface area (Å²) in [6.45, 7) is 3.19. The van der Waals surface area contributed by atoms with Gasteiger partial charge in [-0.2, -0.15) is 4.98 Å². The lowest BCUT2D eigenvalue weighted by Gasteiger charge is -2.05. The minimum absolute atomic E-state index is 0.0732. The highest BCUT2D eigenvalue weighted by Gasteiger charge is 2.13. The number of carbonyl (C=O) groups is 1. The highest BCUT2D eigenvalue weighted by Crippen LogP contribution is 2.22. The number of anilines is 1. The van der Waals surface area contributed by atoms with Crippen molar-refractivity contribution in [2.75, 3.05) is 18.4 Å². The van der Waals surface area contributed by atoms with E-state index in [2.05, 4.69) is 20.8 Å². The van der Waals surface area contributed by atoms with Gasteiger partial charge in [-0.3, -0.25) is 4.79 Å². The highest BCUT2D eigenvalue weighted by atomic mass is 16.5. The summed E-state index contributed by atoms with van der Waals surface area (Å²) in [7, 11) is 0. The first kappa shape index (κ1) is 12.7. The molecular weight excluding hydrogens is 256 g/mol. The molecule has 6 nitrogen and oxygen atoms in total. The summed E-state index contributed by atoms with van der Waals surface area (Å²) in [6.07, 6.45) is 1.51. The van der Waals surface area contributed by atoms with Crippen LogP contribution >= 0.6 is 0 Å². The average molecular weight is 272 g/mol. The van der Waals surface area contributed by atoms with Crippen molar-refractivity contribution in [1.29, 1.82) is 0 Å². The van der Waals surface area contributed by atoms with Crippen molar-refractivity contribution in [1.82, 2.24) is 15.5 Å². The van der Waals surface area contributed by atoms with Crippen LogP contribution in [0.15, 0.2) is 22.7 Å². The van der Waals surface area contributed by atoms with Gasteiger partial charge in [-0.25, -0.2) is 0 Å². The molecule has 1 aromatic heterocycles. The summed E-state index contributed by atoms with van der Waals surface area (Å²) in [5.41, 5.74) is 3.02. The van der Waals surface area contributed by atoms with Gasteiger partial charge in [0.05, 0.1) is 0 Å². The van der Waals surface area contributed by atoms with E-state index in [4.69, 9.17) is 4.52 Å². The van der Waals surface area contributed by atoms with Crippen molar-refractivity contribution < 1.29 is 9.32 Å². The lowest BCUT2D eigenvalue weighted by atomic mass is 10.1. The van der Waals surface area contributed by atoms with Gasteiger partial charge in [0.15, 0.2) is 5.82 Å². The molecule has 0 unspecified atom stereocenters. The molecule has 0 saturated heterocycles. The summed E-state index contributed by atoms with van der Waals surface area (Å²) < 4.78 is 4.99. The molecule has 104 valence electrons. The third-order valence-electron chi connectivity index (χ3n) is 3.27. The van der Waals surface area contributed by atoms with Crippen molar-refractivity contribution >= 4 is 11.6 Å². The van der Waals surface area contributed by atoms with Gasteiger partial charge >= 0.3 is 0 Å². The maximum atomic E-state index is 12.0. The lowest BCUT2D eigenvalue weighted by Crippen LogP contribution is -2.25. The molecule has 20 heavy (non-hydrogen) atoms. The topological polar surface area (TPSA) is 80.0 Å². The number of amides is 1. The summed E-state index contributed by atoms with van der Waals surface area (Å²) in [5, 5.41) is 9.84. The maximum Gasteiger partial charge on any atom is 0.251 e. The molecule has 6 heteroatoms. The number of benzene rings is 1. The predicted molar refractivity (Wildman–Crippen MR) is 73.7 cm³/mol. The third kappa shape index (κ3) is 2.64. The molecule has 2 aromatic rings. The van der Waals surface area contributed by atoms with Crippen LogP contribution < -0.4 is 10.6 Å². The first-order chi connectivity index (χ1) is 9.72. The smallest absolute Gasteiger partial charge is 0.251 e. The van der Waals surface area contributed by atoms with Crippen LogP contribution in [0, 0.1) is 6.92 Å². The Balaban J connectivity index is 1.56. The highest BCUT2D eigenvalue weighted by molar-refractivity contribution is 5.95. The number of rotatable bonds is 4. The first-order valence-electron chi connectivity index (χ1n) is 6.66. The molecule has 1 amide bonds. The van der Waals surface area contributed by atoms with Crippen molar-refractivity contribution in [2.24, 2.45) is 0 Å². The standard InChI is InChI=1S/C14H16N4O2/c1-9-17-13(20-18-9)5-7-16-14(19)11-2-3-12-10(8-11)4-6-15-12/h2-3,8,15H,4-7H2,1H3,(H,16,19). The van der Waals surface area contributed by atoms with Gasteiger partial charge in [0, 0.05) is 30.8 Å². The number of nitrogens with zero attached hydrogens (tertiary/aromatic N) is 2. The van der Waals surface area contributed by atoms with Gasteiger partial charge < -0.3 is 15.2 Å². The monoisotopic (exact) mass is 272 g/mol. The zero-order valence-corrected chi connectivity index (χ0v) is 11.3. The summed E-state index contributed by atoms with van der Waals surface area (Å²) >= 11 is 0. The van der Waals surface area contributed by atoms with E-state index in [1.165, 1.54) is 5.56 Å². The number of carbonyl (C=O) groups excluding carboxylic acids is 1. The number of aryl methyl sites for hydroxylation is 1. The SMILES string of the molecule is Cc1noc(CCNC(=O)c2ccc3c(c2)CCN3)n1. The fourth-order valence-electron chi connectivity index (χ4n) is 2.27. The minimum atomic E-state index is -0.0732. The van der Waals surface area contributed by atoms with E-state index in [0.29, 0.717) is 30.2 Å². The minimum Gasteiger partial charge on any atom is -0.384 e. The van der Waals surface area contributed by atoms with E-state index in [0.717, 1.165) is 18.7 Å². The molecule has 0 radical (unpaired) electrons. The van der Waals surface area contributed by atoms with Gasteiger partial charge in [0.25, 0.3) is 5.91 Å². The molecular formula is C14H16N4O2. The van der Waals surface area contributed by atoms with Crippen LogP contribution in [0.25, 0.3) is 0 Å². The second-order valence-electron chi connectivity index (χ2n) is 4.79.